The molecule has 7 heteroatoms. The average Bonchev–Trinajstić information content (AvgIpc) is 2.36. The van der Waals surface area contributed by atoms with Crippen LogP contribution in [0.3, 0.4) is 0 Å². The van der Waals surface area contributed by atoms with Crippen molar-refractivity contribution in [1.82, 2.24) is 0 Å². The molecule has 110 valence electrons. The summed E-state index contributed by atoms with van der Waals surface area (Å²) in [4.78, 5) is 22.2. The Hall–Kier alpha value is -1.37. The molecule has 1 aromatic rings. The molecule has 1 rings (SSSR count). The molecule has 1 unspecified atom stereocenters. The van der Waals surface area contributed by atoms with Crippen LogP contribution in [0.1, 0.15) is 40.2 Å². The summed E-state index contributed by atoms with van der Waals surface area (Å²) in [5.74, 6) is -1.50. The van der Waals surface area contributed by atoms with Crippen molar-refractivity contribution in [2.45, 2.75) is 24.9 Å². The number of rotatable bonds is 4. The SMILES string of the molecule is CCOC(=O)c1c(C(Br)C(C)=O)cccc1C(F)(F)F. The Labute approximate surface area is 122 Å². The summed E-state index contributed by atoms with van der Waals surface area (Å²) in [7, 11) is 0. The Morgan fingerprint density at radius 1 is 1.35 bits per heavy atom. The van der Waals surface area contributed by atoms with Crippen LogP contribution in [0.4, 0.5) is 13.2 Å². The number of alkyl halides is 4. The summed E-state index contributed by atoms with van der Waals surface area (Å²) in [6.07, 6.45) is -4.71. The monoisotopic (exact) mass is 352 g/mol. The molecule has 0 spiro atoms. The normalized spacial score (nSPS) is 12.9. The van der Waals surface area contributed by atoms with Crippen molar-refractivity contribution < 1.29 is 27.5 Å². The van der Waals surface area contributed by atoms with Crippen LogP contribution in [0.15, 0.2) is 18.2 Å². The molecule has 0 aliphatic heterocycles. The molecule has 0 aliphatic rings. The van der Waals surface area contributed by atoms with Crippen LogP contribution in [0, 0.1) is 0 Å². The van der Waals surface area contributed by atoms with E-state index >= 15 is 0 Å². The van der Waals surface area contributed by atoms with Gasteiger partial charge in [0.1, 0.15) is 5.78 Å². The summed E-state index contributed by atoms with van der Waals surface area (Å²) in [6, 6.07) is 3.23. The summed E-state index contributed by atoms with van der Waals surface area (Å²) in [5.41, 5.74) is -1.79. The lowest BCUT2D eigenvalue weighted by Gasteiger charge is -2.17. The second-order valence-corrected chi connectivity index (χ2v) is 4.88. The Bertz CT molecular complexity index is 526. The van der Waals surface area contributed by atoms with Gasteiger partial charge in [0, 0.05) is 0 Å². The van der Waals surface area contributed by atoms with Crippen molar-refractivity contribution in [3.63, 3.8) is 0 Å². The fraction of sp³-hybridized carbons (Fsp3) is 0.385. The van der Waals surface area contributed by atoms with Gasteiger partial charge in [-0.1, -0.05) is 28.1 Å². The van der Waals surface area contributed by atoms with E-state index in [1.807, 2.05) is 0 Å². The van der Waals surface area contributed by atoms with Gasteiger partial charge in [-0.25, -0.2) is 4.79 Å². The number of hydrogen-bond donors (Lipinski definition) is 0. The highest BCUT2D eigenvalue weighted by molar-refractivity contribution is 9.09. The molecule has 3 nitrogen and oxygen atoms in total. The number of ketones is 1. The molecule has 0 bridgehead atoms. The fourth-order valence-corrected chi connectivity index (χ4v) is 2.05. The molecule has 0 radical (unpaired) electrons. The number of carbonyl (C=O) groups excluding carboxylic acids is 2. The average molecular weight is 353 g/mol. The topological polar surface area (TPSA) is 43.4 Å². The van der Waals surface area contributed by atoms with Gasteiger partial charge in [0.15, 0.2) is 0 Å². The maximum Gasteiger partial charge on any atom is 0.417 e. The van der Waals surface area contributed by atoms with E-state index in [4.69, 9.17) is 0 Å². The first-order valence-electron chi connectivity index (χ1n) is 5.71. The molecule has 1 aromatic carbocycles. The molecule has 0 amide bonds. The Morgan fingerprint density at radius 3 is 2.40 bits per heavy atom. The van der Waals surface area contributed by atoms with Crippen LogP contribution in [-0.2, 0) is 15.7 Å². The van der Waals surface area contributed by atoms with Crippen molar-refractivity contribution in [2.75, 3.05) is 6.61 Å². The number of esters is 1. The molecule has 0 aliphatic carbocycles. The highest BCUT2D eigenvalue weighted by Crippen LogP contribution is 2.37. The molecular formula is C13H12BrF3O3. The van der Waals surface area contributed by atoms with Crippen molar-refractivity contribution in [2.24, 2.45) is 0 Å². The van der Waals surface area contributed by atoms with Crippen LogP contribution < -0.4 is 0 Å². The highest BCUT2D eigenvalue weighted by atomic mass is 79.9. The second kappa shape index (κ2) is 6.39. The van der Waals surface area contributed by atoms with Crippen molar-refractivity contribution >= 4 is 27.7 Å². The molecule has 0 saturated carbocycles. The third-order valence-electron chi connectivity index (χ3n) is 2.51. The number of halogens is 4. The second-order valence-electron chi connectivity index (χ2n) is 3.96. The molecule has 0 heterocycles. The van der Waals surface area contributed by atoms with Crippen molar-refractivity contribution in [1.29, 1.82) is 0 Å². The van der Waals surface area contributed by atoms with Gasteiger partial charge in [0.05, 0.1) is 22.6 Å². The van der Waals surface area contributed by atoms with Gasteiger partial charge >= 0.3 is 12.1 Å². The molecule has 0 fully saturated rings. The van der Waals surface area contributed by atoms with Crippen LogP contribution in [0.2, 0.25) is 0 Å². The smallest absolute Gasteiger partial charge is 0.417 e. The number of ether oxygens (including phenoxy) is 1. The molecule has 1 atom stereocenters. The van der Waals surface area contributed by atoms with Gasteiger partial charge in [-0.15, -0.1) is 0 Å². The highest BCUT2D eigenvalue weighted by Gasteiger charge is 2.38. The molecule has 0 saturated heterocycles. The van der Waals surface area contributed by atoms with E-state index in [0.717, 1.165) is 12.1 Å². The zero-order valence-corrected chi connectivity index (χ0v) is 12.3. The molecular weight excluding hydrogens is 341 g/mol. The third-order valence-corrected chi connectivity index (χ3v) is 3.65. The quantitative estimate of drug-likeness (QED) is 0.609. The van der Waals surface area contributed by atoms with E-state index in [-0.39, 0.29) is 12.2 Å². The fourth-order valence-electron chi connectivity index (χ4n) is 1.67. The summed E-state index contributed by atoms with van der Waals surface area (Å²) >= 11 is 3.00. The number of hydrogen-bond acceptors (Lipinski definition) is 3. The summed E-state index contributed by atoms with van der Waals surface area (Å²) in [5, 5.41) is 0. The Kier molecular flexibility index (Phi) is 5.33. The van der Waals surface area contributed by atoms with E-state index in [9.17, 15) is 22.8 Å². The minimum absolute atomic E-state index is 0.0502. The van der Waals surface area contributed by atoms with Crippen LogP contribution in [0.5, 0.6) is 0 Å². The van der Waals surface area contributed by atoms with Crippen molar-refractivity contribution in [3.8, 4) is 0 Å². The lowest BCUT2D eigenvalue weighted by Crippen LogP contribution is -2.19. The van der Waals surface area contributed by atoms with Gasteiger partial charge in [-0.3, -0.25) is 4.79 Å². The standard InChI is InChI=1S/C13H12BrF3O3/c1-3-20-12(19)10-8(11(14)7(2)18)5-4-6-9(10)13(15,16)17/h4-6,11H,3H2,1-2H3. The molecule has 0 N–H and O–H groups in total. The maximum absolute atomic E-state index is 13.0. The van der Waals surface area contributed by atoms with Crippen LogP contribution in [0.25, 0.3) is 0 Å². The maximum atomic E-state index is 13.0. The first kappa shape index (κ1) is 16.7. The summed E-state index contributed by atoms with van der Waals surface area (Å²) in [6.45, 7) is 2.65. The Balaban J connectivity index is 3.52. The lowest BCUT2D eigenvalue weighted by molar-refractivity contribution is -0.138. The summed E-state index contributed by atoms with van der Waals surface area (Å²) < 4.78 is 43.6. The number of benzene rings is 1. The largest absolute Gasteiger partial charge is 0.462 e. The van der Waals surface area contributed by atoms with E-state index in [1.54, 1.807) is 0 Å². The van der Waals surface area contributed by atoms with Gasteiger partial charge in [-0.05, 0) is 25.5 Å². The molecule has 20 heavy (non-hydrogen) atoms. The minimum Gasteiger partial charge on any atom is -0.462 e. The van der Waals surface area contributed by atoms with Crippen LogP contribution >= 0.6 is 15.9 Å². The van der Waals surface area contributed by atoms with E-state index in [1.165, 1.54) is 19.9 Å². The van der Waals surface area contributed by atoms with E-state index in [2.05, 4.69) is 20.7 Å². The first-order chi connectivity index (χ1) is 9.20. The lowest BCUT2D eigenvalue weighted by atomic mass is 9.97. The van der Waals surface area contributed by atoms with Crippen molar-refractivity contribution in [3.05, 3.63) is 34.9 Å². The van der Waals surface area contributed by atoms with Gasteiger partial charge < -0.3 is 4.74 Å². The van der Waals surface area contributed by atoms with E-state index < -0.39 is 33.9 Å². The van der Waals surface area contributed by atoms with Crippen LogP contribution in [-0.4, -0.2) is 18.4 Å². The zero-order chi connectivity index (χ0) is 15.5. The third kappa shape index (κ3) is 3.59. The predicted octanol–water partition coefficient (Wildman–Crippen LogP) is 3.91. The van der Waals surface area contributed by atoms with Gasteiger partial charge in [0.25, 0.3) is 0 Å². The predicted molar refractivity (Wildman–Crippen MR) is 69.7 cm³/mol. The number of carbonyl (C=O) groups is 2. The zero-order valence-electron chi connectivity index (χ0n) is 10.8. The molecule has 0 aromatic heterocycles. The first-order valence-corrected chi connectivity index (χ1v) is 6.63. The Morgan fingerprint density at radius 2 is 1.95 bits per heavy atom. The van der Waals surface area contributed by atoms with E-state index in [0.29, 0.717) is 0 Å². The number of Topliss-reactive ketones (excluding diaryl/α,β-unsaturated/α-hetero) is 1. The van der Waals surface area contributed by atoms with Gasteiger partial charge in [-0.2, -0.15) is 13.2 Å². The van der Waals surface area contributed by atoms with Gasteiger partial charge in [0.2, 0.25) is 0 Å². The minimum atomic E-state index is -4.71.